The van der Waals surface area contributed by atoms with Gasteiger partial charge < -0.3 is 4.84 Å². The molecular formula is C8H14ClNO. The van der Waals surface area contributed by atoms with E-state index in [4.69, 9.17) is 4.84 Å². The summed E-state index contributed by atoms with van der Waals surface area (Å²) in [5, 5.41) is 3.84. The molecule has 64 valence electrons. The second kappa shape index (κ2) is 3.44. The molecule has 1 spiro atoms. The third-order valence-corrected chi connectivity index (χ3v) is 2.55. The maximum absolute atomic E-state index is 5.35. The monoisotopic (exact) mass is 175 g/mol. The highest BCUT2D eigenvalue weighted by atomic mass is 35.5. The molecule has 0 bridgehead atoms. The first-order chi connectivity index (χ1) is 4.91. The van der Waals surface area contributed by atoms with Crippen molar-refractivity contribution in [1.82, 2.24) is 0 Å². The van der Waals surface area contributed by atoms with Crippen molar-refractivity contribution < 1.29 is 4.84 Å². The minimum Gasteiger partial charge on any atom is -0.389 e. The number of nitrogens with zero attached hydrogens (tertiary/aromatic N) is 1. The van der Waals surface area contributed by atoms with Crippen LogP contribution in [0.2, 0.25) is 0 Å². The number of rotatable bonds is 0. The Morgan fingerprint density at radius 1 is 1.18 bits per heavy atom. The van der Waals surface area contributed by atoms with E-state index in [1.54, 1.807) is 0 Å². The van der Waals surface area contributed by atoms with Crippen molar-refractivity contribution in [3.05, 3.63) is 0 Å². The highest BCUT2D eigenvalue weighted by molar-refractivity contribution is 5.85. The van der Waals surface area contributed by atoms with E-state index in [9.17, 15) is 0 Å². The van der Waals surface area contributed by atoms with E-state index in [-0.39, 0.29) is 18.0 Å². The molecule has 0 atom stereocenters. The molecule has 1 heterocycles. The van der Waals surface area contributed by atoms with Crippen LogP contribution in [0.15, 0.2) is 5.16 Å². The molecule has 1 aliphatic carbocycles. The molecule has 1 fully saturated rings. The minimum atomic E-state index is 0. The van der Waals surface area contributed by atoms with E-state index >= 15 is 0 Å². The first-order valence-corrected chi connectivity index (χ1v) is 4.11. The Morgan fingerprint density at radius 2 is 1.91 bits per heavy atom. The van der Waals surface area contributed by atoms with Gasteiger partial charge in [-0.05, 0) is 25.7 Å². The van der Waals surface area contributed by atoms with Gasteiger partial charge in [0.15, 0.2) is 0 Å². The second-order valence-electron chi connectivity index (χ2n) is 3.33. The number of halogens is 1. The van der Waals surface area contributed by atoms with Gasteiger partial charge in [-0.15, -0.1) is 12.4 Å². The van der Waals surface area contributed by atoms with Crippen LogP contribution in [0.1, 0.15) is 38.5 Å². The van der Waals surface area contributed by atoms with Crippen molar-refractivity contribution in [3.63, 3.8) is 0 Å². The van der Waals surface area contributed by atoms with Crippen molar-refractivity contribution in [2.75, 3.05) is 0 Å². The average molecular weight is 176 g/mol. The number of oxime groups is 1. The lowest BCUT2D eigenvalue weighted by Gasteiger charge is -2.29. The summed E-state index contributed by atoms with van der Waals surface area (Å²) in [5.74, 6) is 0. The zero-order valence-electron chi connectivity index (χ0n) is 6.58. The lowest BCUT2D eigenvalue weighted by molar-refractivity contribution is -0.0449. The van der Waals surface area contributed by atoms with Crippen LogP contribution in [0, 0.1) is 0 Å². The fourth-order valence-electron chi connectivity index (χ4n) is 1.88. The van der Waals surface area contributed by atoms with E-state index in [1.165, 1.54) is 32.1 Å². The zero-order valence-corrected chi connectivity index (χ0v) is 7.40. The van der Waals surface area contributed by atoms with Crippen molar-refractivity contribution in [2.24, 2.45) is 5.16 Å². The van der Waals surface area contributed by atoms with Crippen LogP contribution >= 0.6 is 12.4 Å². The molecule has 2 aliphatic rings. The van der Waals surface area contributed by atoms with Gasteiger partial charge in [-0.2, -0.15) is 0 Å². The van der Waals surface area contributed by atoms with Gasteiger partial charge in [0.05, 0.1) is 0 Å². The molecule has 1 aliphatic heterocycles. The Balaban J connectivity index is 0.000000605. The lowest BCUT2D eigenvalue weighted by atomic mass is 9.83. The van der Waals surface area contributed by atoms with Crippen molar-refractivity contribution in [2.45, 2.75) is 44.1 Å². The Morgan fingerprint density at radius 3 is 2.45 bits per heavy atom. The summed E-state index contributed by atoms with van der Waals surface area (Å²) in [6, 6.07) is 0. The molecule has 0 radical (unpaired) electrons. The van der Waals surface area contributed by atoms with Crippen LogP contribution in [0.4, 0.5) is 0 Å². The smallest absolute Gasteiger partial charge is 0.142 e. The molecule has 0 N–H and O–H groups in total. The molecule has 0 unspecified atom stereocenters. The van der Waals surface area contributed by atoms with Crippen molar-refractivity contribution in [3.8, 4) is 0 Å². The maximum Gasteiger partial charge on any atom is 0.142 e. The quantitative estimate of drug-likeness (QED) is 0.555. The number of hydrogen-bond acceptors (Lipinski definition) is 2. The van der Waals surface area contributed by atoms with Gasteiger partial charge >= 0.3 is 0 Å². The highest BCUT2D eigenvalue weighted by Gasteiger charge is 2.36. The molecule has 0 amide bonds. The van der Waals surface area contributed by atoms with Crippen LogP contribution in [-0.2, 0) is 4.84 Å². The molecule has 3 heteroatoms. The summed E-state index contributed by atoms with van der Waals surface area (Å²) in [7, 11) is 0. The molecule has 0 saturated heterocycles. The first kappa shape index (κ1) is 8.85. The predicted octanol–water partition coefficient (Wildman–Crippen LogP) is 2.52. The SMILES string of the molecule is C1=NOC2(C1)CCCCC2.Cl. The molecule has 0 aromatic heterocycles. The topological polar surface area (TPSA) is 21.6 Å². The second-order valence-corrected chi connectivity index (χ2v) is 3.33. The Labute approximate surface area is 73.4 Å². The number of hydrogen-bond donors (Lipinski definition) is 0. The van der Waals surface area contributed by atoms with Gasteiger partial charge in [-0.25, -0.2) is 0 Å². The largest absolute Gasteiger partial charge is 0.389 e. The van der Waals surface area contributed by atoms with Gasteiger partial charge in [0.2, 0.25) is 0 Å². The molecule has 2 rings (SSSR count). The first-order valence-electron chi connectivity index (χ1n) is 4.11. The van der Waals surface area contributed by atoms with Crippen LogP contribution in [-0.4, -0.2) is 11.8 Å². The van der Waals surface area contributed by atoms with E-state index in [1.807, 2.05) is 6.21 Å². The summed E-state index contributed by atoms with van der Waals surface area (Å²) in [5.41, 5.74) is 0.151. The zero-order chi connectivity index (χ0) is 6.86. The van der Waals surface area contributed by atoms with Crippen molar-refractivity contribution in [1.29, 1.82) is 0 Å². The van der Waals surface area contributed by atoms with E-state index < -0.39 is 0 Å². The van der Waals surface area contributed by atoms with Gasteiger partial charge in [0.25, 0.3) is 0 Å². The predicted molar refractivity (Wildman–Crippen MR) is 47.3 cm³/mol. The third-order valence-electron chi connectivity index (χ3n) is 2.55. The van der Waals surface area contributed by atoms with Gasteiger partial charge in [0, 0.05) is 12.6 Å². The average Bonchev–Trinajstić information content (AvgIpc) is 2.39. The molecular weight excluding hydrogens is 162 g/mol. The van der Waals surface area contributed by atoms with Crippen LogP contribution in [0.5, 0.6) is 0 Å². The van der Waals surface area contributed by atoms with Crippen molar-refractivity contribution >= 4 is 18.6 Å². The minimum absolute atomic E-state index is 0. The Hall–Kier alpha value is -0.240. The Kier molecular flexibility index (Phi) is 2.77. The molecule has 0 aromatic rings. The van der Waals surface area contributed by atoms with E-state index in [2.05, 4.69) is 5.16 Å². The summed E-state index contributed by atoms with van der Waals surface area (Å²) < 4.78 is 0. The standard InChI is InChI=1S/C8H13NO.ClH/c1-2-4-8(5-3-1)6-7-9-10-8;/h7H,1-6H2;1H. The lowest BCUT2D eigenvalue weighted by Crippen LogP contribution is -2.30. The normalized spacial score (nSPS) is 26.2. The van der Waals surface area contributed by atoms with Gasteiger partial charge in [-0.3, -0.25) is 0 Å². The fourth-order valence-corrected chi connectivity index (χ4v) is 1.88. The Bertz CT molecular complexity index is 142. The summed E-state index contributed by atoms with van der Waals surface area (Å²) in [4.78, 5) is 5.35. The molecule has 0 aromatic carbocycles. The van der Waals surface area contributed by atoms with E-state index in [0.29, 0.717) is 0 Å². The molecule has 2 nitrogen and oxygen atoms in total. The van der Waals surface area contributed by atoms with E-state index in [0.717, 1.165) is 6.42 Å². The summed E-state index contributed by atoms with van der Waals surface area (Å²) >= 11 is 0. The van der Waals surface area contributed by atoms with Crippen LogP contribution < -0.4 is 0 Å². The molecule has 11 heavy (non-hydrogen) atoms. The molecule has 1 saturated carbocycles. The highest BCUT2D eigenvalue weighted by Crippen LogP contribution is 2.36. The van der Waals surface area contributed by atoms with Crippen LogP contribution in [0.3, 0.4) is 0 Å². The third kappa shape index (κ3) is 1.67. The summed E-state index contributed by atoms with van der Waals surface area (Å²) in [6.07, 6.45) is 9.41. The van der Waals surface area contributed by atoms with Gasteiger partial charge in [0.1, 0.15) is 5.60 Å². The summed E-state index contributed by atoms with van der Waals surface area (Å²) in [6.45, 7) is 0. The fraction of sp³-hybridized carbons (Fsp3) is 0.875. The van der Waals surface area contributed by atoms with Gasteiger partial charge in [-0.1, -0.05) is 11.6 Å². The van der Waals surface area contributed by atoms with Crippen LogP contribution in [0.25, 0.3) is 0 Å². The maximum atomic E-state index is 5.35.